The normalized spacial score (nSPS) is 11.5. The molecule has 0 fully saturated rings. The Labute approximate surface area is 162 Å². The summed E-state index contributed by atoms with van der Waals surface area (Å²) in [7, 11) is 4.85. The predicted octanol–water partition coefficient (Wildman–Crippen LogP) is 4.28. The third-order valence-corrected chi connectivity index (χ3v) is 4.94. The fraction of sp³-hybridized carbons (Fsp3) is 0.300. The van der Waals surface area contributed by atoms with E-state index in [1.54, 1.807) is 45.1 Å². The molecule has 0 bridgehead atoms. The molecule has 0 atom stereocenters. The zero-order valence-electron chi connectivity index (χ0n) is 15.9. The van der Waals surface area contributed by atoms with Crippen LogP contribution in [0.1, 0.15) is 13.3 Å². The Morgan fingerprint density at radius 1 is 1.11 bits per heavy atom. The van der Waals surface area contributed by atoms with Crippen LogP contribution in [-0.2, 0) is 6.54 Å². The van der Waals surface area contributed by atoms with E-state index in [4.69, 9.17) is 19.2 Å². The number of ether oxygens (including phenoxy) is 3. The molecule has 0 saturated carbocycles. The molecule has 0 aliphatic carbocycles. The Bertz CT molecular complexity index is 939. The van der Waals surface area contributed by atoms with Gasteiger partial charge < -0.3 is 18.8 Å². The summed E-state index contributed by atoms with van der Waals surface area (Å²) in [4.78, 5) is 9.82. The highest BCUT2D eigenvalue weighted by Gasteiger charge is 2.16. The van der Waals surface area contributed by atoms with E-state index < -0.39 is 0 Å². The number of hydrogen-bond acceptors (Lipinski definition) is 6. The lowest BCUT2D eigenvalue weighted by atomic mass is 10.1. The van der Waals surface area contributed by atoms with Crippen molar-refractivity contribution < 1.29 is 14.2 Å². The van der Waals surface area contributed by atoms with Crippen LogP contribution in [0, 0.1) is 0 Å². The molecule has 0 saturated heterocycles. The van der Waals surface area contributed by atoms with Crippen LogP contribution in [-0.4, -0.2) is 30.9 Å². The summed E-state index contributed by atoms with van der Waals surface area (Å²) in [5, 5.41) is 2.10. The summed E-state index contributed by atoms with van der Waals surface area (Å²) in [5.74, 6) is 1.85. The van der Waals surface area contributed by atoms with Crippen LogP contribution in [0.5, 0.6) is 17.2 Å². The average molecular weight is 385 g/mol. The first-order valence-corrected chi connectivity index (χ1v) is 9.53. The number of methoxy groups -OCH3 is 3. The number of pyridine rings is 1. The third kappa shape index (κ3) is 3.98. The molecule has 27 heavy (non-hydrogen) atoms. The number of aromatic nitrogens is 2. The number of hydrogen-bond donors (Lipinski definition) is 0. The van der Waals surface area contributed by atoms with Crippen molar-refractivity contribution in [2.45, 2.75) is 19.9 Å². The van der Waals surface area contributed by atoms with Crippen LogP contribution >= 0.6 is 11.3 Å². The lowest BCUT2D eigenvalue weighted by Crippen LogP contribution is -2.15. The maximum absolute atomic E-state index is 5.50. The van der Waals surface area contributed by atoms with Gasteiger partial charge in [-0.15, -0.1) is 11.3 Å². The Balaban J connectivity index is 2.16. The molecule has 2 aromatic heterocycles. The molecule has 0 unspecified atom stereocenters. The van der Waals surface area contributed by atoms with Crippen molar-refractivity contribution >= 4 is 17.0 Å². The first-order chi connectivity index (χ1) is 13.2. The highest BCUT2D eigenvalue weighted by Crippen LogP contribution is 2.41. The standard InChI is InChI=1S/C20H23N3O3S/c1-5-9-23-16(13-27-20(23)22-15-7-6-8-21-12-15)14-10-17(24-2)19(26-4)18(11-14)25-3/h6-8,10-13H,5,9H2,1-4H3. The minimum Gasteiger partial charge on any atom is -0.493 e. The molecule has 0 spiro atoms. The first-order valence-electron chi connectivity index (χ1n) is 8.65. The molecule has 1 aromatic carbocycles. The van der Waals surface area contributed by atoms with Crippen molar-refractivity contribution in [3.8, 4) is 28.5 Å². The van der Waals surface area contributed by atoms with E-state index in [0.29, 0.717) is 17.2 Å². The molecule has 142 valence electrons. The zero-order chi connectivity index (χ0) is 19.2. The van der Waals surface area contributed by atoms with Crippen molar-refractivity contribution in [1.82, 2.24) is 9.55 Å². The number of rotatable bonds is 7. The van der Waals surface area contributed by atoms with Gasteiger partial charge in [0.1, 0.15) is 0 Å². The number of benzene rings is 1. The lowest BCUT2D eigenvalue weighted by molar-refractivity contribution is 0.324. The van der Waals surface area contributed by atoms with Crippen molar-refractivity contribution in [2.75, 3.05) is 21.3 Å². The highest BCUT2D eigenvalue weighted by atomic mass is 32.1. The number of nitrogens with zero attached hydrogens (tertiary/aromatic N) is 3. The average Bonchev–Trinajstić information content (AvgIpc) is 3.10. The molecule has 6 nitrogen and oxygen atoms in total. The van der Waals surface area contributed by atoms with Gasteiger partial charge in [-0.05, 0) is 30.7 Å². The van der Waals surface area contributed by atoms with Gasteiger partial charge in [0, 0.05) is 23.7 Å². The molecule has 3 aromatic rings. The second-order valence-electron chi connectivity index (χ2n) is 5.79. The van der Waals surface area contributed by atoms with Crippen LogP contribution in [0.15, 0.2) is 47.0 Å². The topological polar surface area (TPSA) is 57.9 Å². The minimum absolute atomic E-state index is 0.585. The second-order valence-corrected chi connectivity index (χ2v) is 6.63. The quantitative estimate of drug-likeness (QED) is 0.609. The van der Waals surface area contributed by atoms with E-state index in [2.05, 4.69) is 21.9 Å². The molecule has 2 heterocycles. The van der Waals surface area contributed by atoms with Crippen LogP contribution < -0.4 is 19.0 Å². The van der Waals surface area contributed by atoms with Crippen molar-refractivity contribution in [3.63, 3.8) is 0 Å². The van der Waals surface area contributed by atoms with E-state index in [-0.39, 0.29) is 0 Å². The maximum atomic E-state index is 5.50. The van der Waals surface area contributed by atoms with Crippen LogP contribution in [0.3, 0.4) is 0 Å². The first kappa shape index (κ1) is 19.0. The minimum atomic E-state index is 0.585. The Morgan fingerprint density at radius 3 is 2.41 bits per heavy atom. The summed E-state index contributed by atoms with van der Waals surface area (Å²) < 4.78 is 18.6. The van der Waals surface area contributed by atoms with E-state index in [1.165, 1.54) is 0 Å². The van der Waals surface area contributed by atoms with Gasteiger partial charge in [-0.3, -0.25) is 4.98 Å². The summed E-state index contributed by atoms with van der Waals surface area (Å²) in [6, 6.07) is 7.76. The molecule has 0 aliphatic heterocycles. The molecule has 0 aliphatic rings. The van der Waals surface area contributed by atoms with Gasteiger partial charge in [-0.25, -0.2) is 4.99 Å². The van der Waals surface area contributed by atoms with Crippen LogP contribution in [0.4, 0.5) is 5.69 Å². The smallest absolute Gasteiger partial charge is 0.203 e. The zero-order valence-corrected chi connectivity index (χ0v) is 16.7. The molecular weight excluding hydrogens is 362 g/mol. The van der Waals surface area contributed by atoms with Crippen LogP contribution in [0.2, 0.25) is 0 Å². The molecule has 0 N–H and O–H groups in total. The van der Waals surface area contributed by atoms with E-state index in [1.807, 2.05) is 24.3 Å². The molecule has 0 radical (unpaired) electrons. The summed E-state index contributed by atoms with van der Waals surface area (Å²) >= 11 is 1.60. The Morgan fingerprint density at radius 2 is 1.85 bits per heavy atom. The van der Waals surface area contributed by atoms with Crippen molar-refractivity contribution in [3.05, 3.63) is 46.8 Å². The largest absolute Gasteiger partial charge is 0.493 e. The van der Waals surface area contributed by atoms with Gasteiger partial charge in [0.15, 0.2) is 16.3 Å². The van der Waals surface area contributed by atoms with Crippen molar-refractivity contribution in [2.24, 2.45) is 4.99 Å². The monoisotopic (exact) mass is 385 g/mol. The summed E-state index contributed by atoms with van der Waals surface area (Å²) in [6.45, 7) is 3.01. The SMILES string of the molecule is CCCn1c(-c2cc(OC)c(OC)c(OC)c2)csc1=Nc1cccnc1. The van der Waals surface area contributed by atoms with Gasteiger partial charge >= 0.3 is 0 Å². The highest BCUT2D eigenvalue weighted by molar-refractivity contribution is 7.07. The van der Waals surface area contributed by atoms with Gasteiger partial charge in [-0.2, -0.15) is 0 Å². The lowest BCUT2D eigenvalue weighted by Gasteiger charge is -2.15. The van der Waals surface area contributed by atoms with Crippen LogP contribution in [0.25, 0.3) is 11.3 Å². The Kier molecular flexibility index (Phi) is 6.13. The molecular formula is C20H23N3O3S. The number of thiazole rings is 1. The van der Waals surface area contributed by atoms with Gasteiger partial charge in [-0.1, -0.05) is 6.92 Å². The summed E-state index contributed by atoms with van der Waals surface area (Å²) in [6.07, 6.45) is 4.50. The molecule has 7 heteroatoms. The summed E-state index contributed by atoms with van der Waals surface area (Å²) in [5.41, 5.74) is 2.88. The molecule has 0 amide bonds. The second kappa shape index (κ2) is 8.73. The maximum Gasteiger partial charge on any atom is 0.203 e. The fourth-order valence-electron chi connectivity index (χ4n) is 2.85. The van der Waals surface area contributed by atoms with E-state index >= 15 is 0 Å². The van der Waals surface area contributed by atoms with Gasteiger partial charge in [0.25, 0.3) is 0 Å². The van der Waals surface area contributed by atoms with E-state index in [0.717, 1.165) is 34.7 Å². The third-order valence-electron chi connectivity index (χ3n) is 4.08. The van der Waals surface area contributed by atoms with Gasteiger partial charge in [0.05, 0.1) is 38.9 Å². The predicted molar refractivity (Wildman–Crippen MR) is 107 cm³/mol. The fourth-order valence-corrected chi connectivity index (χ4v) is 3.80. The Hall–Kier alpha value is -2.80. The molecule has 3 rings (SSSR count). The van der Waals surface area contributed by atoms with Gasteiger partial charge in [0.2, 0.25) is 5.75 Å². The van der Waals surface area contributed by atoms with Crippen molar-refractivity contribution in [1.29, 1.82) is 0 Å². The van der Waals surface area contributed by atoms with E-state index in [9.17, 15) is 0 Å².